The summed E-state index contributed by atoms with van der Waals surface area (Å²) < 4.78 is 21.9. The van der Waals surface area contributed by atoms with Gasteiger partial charge in [0.05, 0.1) is 27.4 Å². The van der Waals surface area contributed by atoms with Crippen molar-refractivity contribution in [3.63, 3.8) is 0 Å². The molecule has 6 heteroatoms. The molecule has 0 atom stereocenters. The fraction of sp³-hybridized carbons (Fsp3) is 0.409. The number of carbonyl (C=O) groups is 1. The Morgan fingerprint density at radius 2 is 1.50 bits per heavy atom. The van der Waals surface area contributed by atoms with Gasteiger partial charge in [0.15, 0.2) is 23.0 Å². The molecule has 1 amide bonds. The predicted molar refractivity (Wildman–Crippen MR) is 107 cm³/mol. The van der Waals surface area contributed by atoms with Gasteiger partial charge in [-0.05, 0) is 61.7 Å². The van der Waals surface area contributed by atoms with Crippen LogP contribution in [0.2, 0.25) is 0 Å². The highest BCUT2D eigenvalue weighted by Crippen LogP contribution is 2.34. The third-order valence-electron chi connectivity index (χ3n) is 4.78. The van der Waals surface area contributed by atoms with Gasteiger partial charge in [-0.3, -0.25) is 4.79 Å². The lowest BCUT2D eigenvalue weighted by atomic mass is 9.98. The zero-order valence-electron chi connectivity index (χ0n) is 17.1. The Bertz CT molecular complexity index is 862. The third kappa shape index (κ3) is 4.01. The second-order valence-corrected chi connectivity index (χ2v) is 6.98. The molecule has 150 valence electrons. The molecule has 2 aromatic carbocycles. The molecule has 0 saturated heterocycles. The summed E-state index contributed by atoms with van der Waals surface area (Å²) in [6.07, 6.45) is 0.800. The topological polar surface area (TPSA) is 57.2 Å². The summed E-state index contributed by atoms with van der Waals surface area (Å²) in [6.45, 7) is 5.08. The maximum atomic E-state index is 13.1. The number of nitrogens with zero attached hydrogens (tertiary/aromatic N) is 1. The molecule has 1 aliphatic rings. The molecule has 0 unspecified atom stereocenters. The highest BCUT2D eigenvalue weighted by atomic mass is 16.5. The molecule has 6 nitrogen and oxygen atoms in total. The molecule has 0 aliphatic carbocycles. The fourth-order valence-electron chi connectivity index (χ4n) is 3.39. The SMILES string of the molecule is COc1cc2c(cc1OC)CN(C(=O)c1ccc(OC(C)C)c(OC)c1)CC2. The number of fused-ring (bicyclic) bond motifs is 1. The monoisotopic (exact) mass is 385 g/mol. The molecule has 3 rings (SSSR count). The number of carbonyl (C=O) groups excluding carboxylic acids is 1. The van der Waals surface area contributed by atoms with Crippen molar-refractivity contribution >= 4 is 5.91 Å². The molecule has 0 aromatic heterocycles. The van der Waals surface area contributed by atoms with Crippen LogP contribution in [0, 0.1) is 0 Å². The van der Waals surface area contributed by atoms with Crippen molar-refractivity contribution in [2.45, 2.75) is 32.9 Å². The van der Waals surface area contributed by atoms with Crippen LogP contribution in [-0.4, -0.2) is 44.8 Å². The van der Waals surface area contributed by atoms with Gasteiger partial charge in [0.25, 0.3) is 5.91 Å². The van der Waals surface area contributed by atoms with E-state index in [0.717, 1.165) is 12.0 Å². The molecule has 1 heterocycles. The summed E-state index contributed by atoms with van der Waals surface area (Å²) in [5.74, 6) is 2.55. The molecule has 0 bridgehead atoms. The quantitative estimate of drug-likeness (QED) is 0.759. The fourth-order valence-corrected chi connectivity index (χ4v) is 3.39. The largest absolute Gasteiger partial charge is 0.493 e. The van der Waals surface area contributed by atoms with Crippen molar-refractivity contribution in [2.75, 3.05) is 27.9 Å². The molecule has 1 aliphatic heterocycles. The normalized spacial score (nSPS) is 13.1. The first kappa shape index (κ1) is 19.9. The van der Waals surface area contributed by atoms with Crippen molar-refractivity contribution in [1.82, 2.24) is 4.90 Å². The van der Waals surface area contributed by atoms with E-state index in [2.05, 4.69) is 0 Å². The Balaban J connectivity index is 1.83. The van der Waals surface area contributed by atoms with Crippen molar-refractivity contribution in [2.24, 2.45) is 0 Å². The van der Waals surface area contributed by atoms with Crippen LogP contribution in [0.15, 0.2) is 30.3 Å². The Labute approximate surface area is 166 Å². The van der Waals surface area contributed by atoms with Gasteiger partial charge in [0.1, 0.15) is 0 Å². The first-order chi connectivity index (χ1) is 13.5. The van der Waals surface area contributed by atoms with Gasteiger partial charge in [-0.1, -0.05) is 0 Å². The number of rotatable bonds is 6. The Morgan fingerprint density at radius 1 is 0.893 bits per heavy atom. The second kappa shape index (κ2) is 8.42. The number of methoxy groups -OCH3 is 3. The summed E-state index contributed by atoms with van der Waals surface area (Å²) in [5.41, 5.74) is 2.83. The molecule has 0 radical (unpaired) electrons. The maximum Gasteiger partial charge on any atom is 0.254 e. The van der Waals surface area contributed by atoms with Crippen LogP contribution >= 0.6 is 0 Å². The van der Waals surface area contributed by atoms with E-state index in [-0.39, 0.29) is 12.0 Å². The van der Waals surface area contributed by atoms with Crippen LogP contribution in [-0.2, 0) is 13.0 Å². The Hall–Kier alpha value is -2.89. The number of benzene rings is 2. The predicted octanol–water partition coefficient (Wildman–Crippen LogP) is 3.70. The second-order valence-electron chi connectivity index (χ2n) is 6.98. The van der Waals surface area contributed by atoms with Crippen LogP contribution in [0.4, 0.5) is 0 Å². The molecule has 0 fully saturated rings. The molecule has 0 saturated carbocycles. The maximum absolute atomic E-state index is 13.1. The standard InChI is InChI=1S/C22H27NO5/c1-14(2)28-18-7-6-16(11-19(18)25-3)22(24)23-9-8-15-10-20(26-4)21(27-5)12-17(15)13-23/h6-7,10-12,14H,8-9,13H2,1-5H3. The Kier molecular flexibility index (Phi) is 5.97. The van der Waals surface area contributed by atoms with Gasteiger partial charge >= 0.3 is 0 Å². The number of hydrogen-bond donors (Lipinski definition) is 0. The summed E-state index contributed by atoms with van der Waals surface area (Å²) in [5, 5.41) is 0. The lowest BCUT2D eigenvalue weighted by molar-refractivity contribution is 0.0734. The lowest BCUT2D eigenvalue weighted by Gasteiger charge is -2.30. The molecular weight excluding hydrogens is 358 g/mol. The van der Waals surface area contributed by atoms with Gasteiger partial charge in [-0.2, -0.15) is 0 Å². The van der Waals surface area contributed by atoms with Gasteiger partial charge < -0.3 is 23.8 Å². The van der Waals surface area contributed by atoms with Crippen LogP contribution in [0.5, 0.6) is 23.0 Å². The van der Waals surface area contributed by atoms with Gasteiger partial charge in [0.2, 0.25) is 0 Å². The first-order valence-corrected chi connectivity index (χ1v) is 9.34. The van der Waals surface area contributed by atoms with E-state index in [9.17, 15) is 4.79 Å². The summed E-state index contributed by atoms with van der Waals surface area (Å²) >= 11 is 0. The number of amides is 1. The smallest absolute Gasteiger partial charge is 0.254 e. The highest BCUT2D eigenvalue weighted by Gasteiger charge is 2.24. The van der Waals surface area contributed by atoms with E-state index >= 15 is 0 Å². The molecular formula is C22H27NO5. The van der Waals surface area contributed by atoms with Crippen LogP contribution in [0.3, 0.4) is 0 Å². The highest BCUT2D eigenvalue weighted by molar-refractivity contribution is 5.95. The minimum atomic E-state index is -0.0326. The van der Waals surface area contributed by atoms with Crippen molar-refractivity contribution < 1.29 is 23.7 Å². The third-order valence-corrected chi connectivity index (χ3v) is 4.78. The lowest BCUT2D eigenvalue weighted by Crippen LogP contribution is -2.36. The summed E-state index contributed by atoms with van der Waals surface area (Å²) in [7, 11) is 4.82. The molecule has 0 spiro atoms. The van der Waals surface area contributed by atoms with Crippen molar-refractivity contribution in [1.29, 1.82) is 0 Å². The van der Waals surface area contributed by atoms with Crippen LogP contribution in [0.25, 0.3) is 0 Å². The minimum Gasteiger partial charge on any atom is -0.493 e. The van der Waals surface area contributed by atoms with Gasteiger partial charge in [0, 0.05) is 18.7 Å². The van der Waals surface area contributed by atoms with Gasteiger partial charge in [-0.15, -0.1) is 0 Å². The first-order valence-electron chi connectivity index (χ1n) is 9.34. The Morgan fingerprint density at radius 3 is 2.11 bits per heavy atom. The zero-order chi connectivity index (χ0) is 20.3. The van der Waals surface area contributed by atoms with Gasteiger partial charge in [-0.25, -0.2) is 0 Å². The van der Waals surface area contributed by atoms with E-state index in [1.807, 2.05) is 30.9 Å². The average molecular weight is 385 g/mol. The van der Waals surface area contributed by atoms with E-state index < -0.39 is 0 Å². The summed E-state index contributed by atoms with van der Waals surface area (Å²) in [4.78, 5) is 14.9. The van der Waals surface area contributed by atoms with Crippen molar-refractivity contribution in [3.05, 3.63) is 47.0 Å². The van der Waals surface area contributed by atoms with Crippen molar-refractivity contribution in [3.8, 4) is 23.0 Å². The van der Waals surface area contributed by atoms with E-state index in [1.54, 1.807) is 39.5 Å². The molecule has 0 N–H and O–H groups in total. The van der Waals surface area contributed by atoms with E-state index in [0.29, 0.717) is 41.7 Å². The number of ether oxygens (including phenoxy) is 4. The van der Waals surface area contributed by atoms with Crippen LogP contribution < -0.4 is 18.9 Å². The molecule has 2 aromatic rings. The molecule has 28 heavy (non-hydrogen) atoms. The summed E-state index contributed by atoms with van der Waals surface area (Å²) in [6, 6.07) is 9.26. The van der Waals surface area contributed by atoms with E-state index in [4.69, 9.17) is 18.9 Å². The van der Waals surface area contributed by atoms with E-state index in [1.165, 1.54) is 5.56 Å². The zero-order valence-corrected chi connectivity index (χ0v) is 17.1. The number of hydrogen-bond acceptors (Lipinski definition) is 5. The average Bonchev–Trinajstić information content (AvgIpc) is 2.71. The minimum absolute atomic E-state index is 0.0287. The van der Waals surface area contributed by atoms with Crippen LogP contribution in [0.1, 0.15) is 35.3 Å².